The Morgan fingerprint density at radius 2 is 1.67 bits per heavy atom. The minimum Gasteiger partial charge on any atom is -0.360 e. The predicted octanol–water partition coefficient (Wildman–Crippen LogP) is 6.52. The fourth-order valence-electron chi connectivity index (χ4n) is 4.68. The van der Waals surface area contributed by atoms with Gasteiger partial charge in [0.25, 0.3) is 5.91 Å². The van der Waals surface area contributed by atoms with Gasteiger partial charge in [-0.25, -0.2) is 9.97 Å². The largest absolute Gasteiger partial charge is 0.360 e. The van der Waals surface area contributed by atoms with Gasteiger partial charge in [-0.2, -0.15) is 0 Å². The zero-order valence-electron chi connectivity index (χ0n) is 24.3. The number of hydrogen-bond donors (Lipinski definition) is 4. The highest BCUT2D eigenvalue weighted by molar-refractivity contribution is 6.05. The third kappa shape index (κ3) is 6.82. The average molecular weight is 562 g/mol. The minimum atomic E-state index is -0.243. The molecule has 3 aromatic carbocycles. The van der Waals surface area contributed by atoms with Gasteiger partial charge in [0.05, 0.1) is 5.69 Å². The summed E-state index contributed by atoms with van der Waals surface area (Å²) >= 11 is 0. The number of hydrogen-bond acceptors (Lipinski definition) is 6. The van der Waals surface area contributed by atoms with E-state index >= 15 is 0 Å². The molecule has 5 aromatic rings. The van der Waals surface area contributed by atoms with E-state index in [0.29, 0.717) is 29.3 Å². The van der Waals surface area contributed by atoms with Crippen LogP contribution in [0.4, 0.5) is 23.0 Å². The van der Waals surface area contributed by atoms with Crippen LogP contribution in [-0.2, 0) is 4.79 Å². The van der Waals surface area contributed by atoms with E-state index in [2.05, 4.69) is 32.0 Å². The Balaban J connectivity index is 1.26. The van der Waals surface area contributed by atoms with Gasteiger partial charge in [-0.15, -0.1) is 0 Å². The van der Waals surface area contributed by atoms with Gasteiger partial charge < -0.3 is 25.8 Å². The van der Waals surface area contributed by atoms with Crippen LogP contribution < -0.4 is 16.0 Å². The molecule has 0 saturated carbocycles. The van der Waals surface area contributed by atoms with Crippen LogP contribution in [0.5, 0.6) is 0 Å². The number of nitrogens with zero attached hydrogens (tertiary/aromatic N) is 3. The monoisotopic (exact) mass is 561 g/mol. The lowest BCUT2D eigenvalue weighted by atomic mass is 10.1. The van der Waals surface area contributed by atoms with Crippen LogP contribution in [0.15, 0.2) is 79.1 Å². The normalized spacial score (nSPS) is 11.1. The molecule has 9 heteroatoms. The Morgan fingerprint density at radius 1 is 0.905 bits per heavy atom. The van der Waals surface area contributed by atoms with Crippen molar-refractivity contribution < 1.29 is 9.59 Å². The highest BCUT2D eigenvalue weighted by Gasteiger charge is 2.13. The van der Waals surface area contributed by atoms with E-state index in [1.165, 1.54) is 0 Å². The Morgan fingerprint density at radius 3 is 2.45 bits per heavy atom. The van der Waals surface area contributed by atoms with Crippen LogP contribution in [0.25, 0.3) is 22.2 Å². The molecule has 0 saturated heterocycles. The maximum Gasteiger partial charge on any atom is 0.255 e. The second-order valence-corrected chi connectivity index (χ2v) is 10.6. The number of para-hydroxylation sites is 1. The molecule has 42 heavy (non-hydrogen) atoms. The lowest BCUT2D eigenvalue weighted by Crippen LogP contribution is -2.17. The molecule has 0 aliphatic heterocycles. The molecular weight excluding hydrogens is 526 g/mol. The van der Waals surface area contributed by atoms with Crippen LogP contribution in [-0.4, -0.2) is 52.3 Å². The van der Waals surface area contributed by atoms with Crippen molar-refractivity contribution in [2.75, 3.05) is 36.6 Å². The molecule has 0 aliphatic carbocycles. The Labute approximate surface area is 245 Å². The third-order valence-corrected chi connectivity index (χ3v) is 7.00. The number of benzene rings is 3. The van der Waals surface area contributed by atoms with Gasteiger partial charge in [-0.1, -0.05) is 24.3 Å². The molecule has 0 bridgehead atoms. The lowest BCUT2D eigenvalue weighted by molar-refractivity contribution is -0.116. The second kappa shape index (κ2) is 12.7. The van der Waals surface area contributed by atoms with Crippen LogP contribution in [0, 0.1) is 13.8 Å². The zero-order chi connectivity index (χ0) is 29.6. The van der Waals surface area contributed by atoms with Crippen molar-refractivity contribution in [2.45, 2.75) is 26.7 Å². The topological polar surface area (TPSA) is 115 Å². The number of fused-ring (bicyclic) bond motifs is 1. The molecular formula is C33H35N7O2. The van der Waals surface area contributed by atoms with Crippen molar-refractivity contribution in [3.05, 3.63) is 95.8 Å². The van der Waals surface area contributed by atoms with Gasteiger partial charge in [0.2, 0.25) is 11.9 Å². The zero-order valence-corrected chi connectivity index (χ0v) is 24.3. The summed E-state index contributed by atoms with van der Waals surface area (Å²) in [6.45, 7) is 4.78. The van der Waals surface area contributed by atoms with Gasteiger partial charge in [-0.05, 0) is 94.5 Å². The van der Waals surface area contributed by atoms with Crippen molar-refractivity contribution in [3.8, 4) is 11.3 Å². The summed E-state index contributed by atoms with van der Waals surface area (Å²) in [5.41, 5.74) is 7.37. The number of amides is 2. The number of nitrogens with one attached hydrogen (secondary N) is 4. The molecule has 4 N–H and O–H groups in total. The Bertz CT molecular complexity index is 1720. The first-order valence-electron chi connectivity index (χ1n) is 13.9. The van der Waals surface area contributed by atoms with E-state index in [-0.39, 0.29) is 11.8 Å². The number of aromatic amines is 1. The first kappa shape index (κ1) is 28.5. The molecule has 0 spiro atoms. The predicted molar refractivity (Wildman–Crippen MR) is 169 cm³/mol. The SMILES string of the molecule is Cc1ccc(Nc2ncc(C)c(-c3c[nH]c4ccccc34)n2)cc1NC(=O)c1ccc(NC(=O)CCCN(C)C)cc1. The number of carbonyl (C=O) groups is 2. The molecule has 9 nitrogen and oxygen atoms in total. The fraction of sp³-hybridized carbons (Fsp3) is 0.212. The van der Waals surface area contributed by atoms with Crippen molar-refractivity contribution >= 4 is 45.7 Å². The first-order valence-corrected chi connectivity index (χ1v) is 13.9. The molecule has 2 heterocycles. The molecule has 2 amide bonds. The van der Waals surface area contributed by atoms with E-state index in [1.54, 1.807) is 30.5 Å². The maximum atomic E-state index is 13.0. The van der Waals surface area contributed by atoms with Gasteiger partial charge >= 0.3 is 0 Å². The summed E-state index contributed by atoms with van der Waals surface area (Å²) in [4.78, 5) is 39.9. The van der Waals surface area contributed by atoms with Crippen molar-refractivity contribution in [1.29, 1.82) is 0 Å². The quantitative estimate of drug-likeness (QED) is 0.154. The lowest BCUT2D eigenvalue weighted by Gasteiger charge is -2.13. The van der Waals surface area contributed by atoms with Gasteiger partial charge in [-0.3, -0.25) is 9.59 Å². The second-order valence-electron chi connectivity index (χ2n) is 10.6. The van der Waals surface area contributed by atoms with Crippen LogP contribution in [0.1, 0.15) is 34.3 Å². The van der Waals surface area contributed by atoms with E-state index < -0.39 is 0 Å². The van der Waals surface area contributed by atoms with E-state index in [0.717, 1.165) is 51.9 Å². The van der Waals surface area contributed by atoms with E-state index in [9.17, 15) is 9.59 Å². The summed E-state index contributed by atoms with van der Waals surface area (Å²) in [7, 11) is 3.97. The highest BCUT2D eigenvalue weighted by Crippen LogP contribution is 2.30. The smallest absolute Gasteiger partial charge is 0.255 e. The van der Waals surface area contributed by atoms with Crippen molar-refractivity contribution in [1.82, 2.24) is 19.9 Å². The molecule has 0 radical (unpaired) electrons. The summed E-state index contributed by atoms with van der Waals surface area (Å²) < 4.78 is 0. The number of anilines is 4. The Hall–Kier alpha value is -5.02. The molecule has 0 aliphatic rings. The third-order valence-electron chi connectivity index (χ3n) is 7.00. The maximum absolute atomic E-state index is 13.0. The fourth-order valence-corrected chi connectivity index (χ4v) is 4.68. The highest BCUT2D eigenvalue weighted by atomic mass is 16.2. The van der Waals surface area contributed by atoms with Crippen LogP contribution in [0.3, 0.4) is 0 Å². The van der Waals surface area contributed by atoms with Crippen molar-refractivity contribution in [3.63, 3.8) is 0 Å². The van der Waals surface area contributed by atoms with Crippen LogP contribution in [0.2, 0.25) is 0 Å². The minimum absolute atomic E-state index is 0.0416. The summed E-state index contributed by atoms with van der Waals surface area (Å²) in [5, 5.41) is 10.3. The number of aromatic nitrogens is 3. The molecule has 5 rings (SSSR count). The first-order chi connectivity index (χ1) is 20.3. The number of carbonyl (C=O) groups excluding carboxylic acids is 2. The number of rotatable bonds is 10. The summed E-state index contributed by atoms with van der Waals surface area (Å²) in [6, 6.07) is 20.7. The van der Waals surface area contributed by atoms with E-state index in [1.807, 2.05) is 75.4 Å². The van der Waals surface area contributed by atoms with Crippen molar-refractivity contribution in [2.24, 2.45) is 0 Å². The molecule has 0 unspecified atom stereocenters. The molecule has 0 fully saturated rings. The number of aryl methyl sites for hydroxylation is 2. The molecule has 2 aromatic heterocycles. The molecule has 214 valence electrons. The summed E-state index contributed by atoms with van der Waals surface area (Å²) in [6.07, 6.45) is 5.01. The van der Waals surface area contributed by atoms with Crippen LogP contribution >= 0.6 is 0 Å². The van der Waals surface area contributed by atoms with E-state index in [4.69, 9.17) is 4.98 Å². The summed E-state index contributed by atoms with van der Waals surface area (Å²) in [5.74, 6) is 0.175. The average Bonchev–Trinajstić information content (AvgIpc) is 3.40. The molecule has 0 atom stereocenters. The van der Waals surface area contributed by atoms with Gasteiger partial charge in [0, 0.05) is 57.9 Å². The standard InChI is InChI=1S/C33H35N7O2/c1-21-11-14-25(37-33-35-19-22(2)31(39-33)27-20-34-28-9-6-5-8-26(27)28)18-29(21)38-32(42)23-12-15-24(16-13-23)36-30(41)10-7-17-40(3)4/h5-6,8-9,11-16,18-20,34H,7,10,17H2,1-4H3,(H,36,41)(H,38,42)(H,35,37,39). The van der Waals surface area contributed by atoms with Gasteiger partial charge in [0.1, 0.15) is 0 Å². The van der Waals surface area contributed by atoms with Gasteiger partial charge in [0.15, 0.2) is 0 Å². The Kier molecular flexibility index (Phi) is 8.59. The number of H-pyrrole nitrogens is 1.